The number of aryl methyl sites for hydroxylation is 2. The van der Waals surface area contributed by atoms with Gasteiger partial charge in [0.15, 0.2) is 0 Å². The second-order valence-corrected chi connectivity index (χ2v) is 5.51. The molecule has 112 valence electrons. The summed E-state index contributed by atoms with van der Waals surface area (Å²) in [4.78, 5) is 24.4. The predicted octanol–water partition coefficient (Wildman–Crippen LogP) is 0.901. The smallest absolute Gasteiger partial charge is 0.277 e. The van der Waals surface area contributed by atoms with Gasteiger partial charge in [0.2, 0.25) is 5.91 Å². The Bertz CT molecular complexity index is 729. The van der Waals surface area contributed by atoms with E-state index in [4.69, 9.17) is 0 Å². The van der Waals surface area contributed by atoms with E-state index in [1.807, 2.05) is 6.92 Å². The normalized spacial score (nSPS) is 14.1. The van der Waals surface area contributed by atoms with Crippen molar-refractivity contribution in [1.29, 1.82) is 0 Å². The van der Waals surface area contributed by atoms with Crippen molar-refractivity contribution in [2.45, 2.75) is 45.6 Å². The summed E-state index contributed by atoms with van der Waals surface area (Å²) in [6, 6.07) is 0. The van der Waals surface area contributed by atoms with Gasteiger partial charge >= 0.3 is 0 Å². The highest BCUT2D eigenvalue weighted by Gasteiger charge is 2.19. The van der Waals surface area contributed by atoms with Crippen LogP contribution in [0.15, 0.2) is 17.2 Å². The van der Waals surface area contributed by atoms with Crippen molar-refractivity contribution in [3.05, 3.63) is 34.0 Å². The third-order valence-corrected chi connectivity index (χ3v) is 3.92. The molecule has 2 heterocycles. The number of rotatable bonds is 4. The summed E-state index contributed by atoms with van der Waals surface area (Å²) in [5.74, 6) is -0.128. The maximum absolute atomic E-state index is 12.6. The quantitative estimate of drug-likeness (QED) is 0.909. The Hall–Kier alpha value is -2.11. The number of hydrogen-bond acceptors (Lipinski definition) is 3. The van der Waals surface area contributed by atoms with Crippen LogP contribution in [0.5, 0.6) is 0 Å². The zero-order chi connectivity index (χ0) is 14.8. The summed E-state index contributed by atoms with van der Waals surface area (Å²) in [5.41, 5.74) is 2.61. The molecule has 1 amide bonds. The monoisotopic (exact) mass is 288 g/mol. The first kappa shape index (κ1) is 13.9. The summed E-state index contributed by atoms with van der Waals surface area (Å²) < 4.78 is 3.13. The third kappa shape index (κ3) is 2.57. The van der Waals surface area contributed by atoms with Gasteiger partial charge in [-0.3, -0.25) is 9.59 Å². The van der Waals surface area contributed by atoms with E-state index in [0.29, 0.717) is 12.1 Å². The van der Waals surface area contributed by atoms with Crippen LogP contribution in [0.4, 0.5) is 0 Å². The van der Waals surface area contributed by atoms with Crippen LogP contribution in [0, 0.1) is 0 Å². The summed E-state index contributed by atoms with van der Waals surface area (Å²) in [7, 11) is 0. The number of carbonyl (C=O) groups excluding carboxylic acids is 1. The SMILES string of the molecule is CCCNC(=O)Cn1ccn2nc3c(c2c1=O)CCCC3. The van der Waals surface area contributed by atoms with Gasteiger partial charge in [0, 0.05) is 24.5 Å². The number of fused-ring (bicyclic) bond motifs is 3. The van der Waals surface area contributed by atoms with Gasteiger partial charge in [-0.25, -0.2) is 4.52 Å². The van der Waals surface area contributed by atoms with Gasteiger partial charge in [-0.2, -0.15) is 5.10 Å². The van der Waals surface area contributed by atoms with E-state index in [2.05, 4.69) is 10.4 Å². The zero-order valence-electron chi connectivity index (χ0n) is 12.3. The van der Waals surface area contributed by atoms with Crippen LogP contribution < -0.4 is 10.9 Å². The van der Waals surface area contributed by atoms with Crippen LogP contribution in [0.1, 0.15) is 37.4 Å². The molecule has 0 saturated carbocycles. The average molecular weight is 288 g/mol. The van der Waals surface area contributed by atoms with Crippen molar-refractivity contribution >= 4 is 11.4 Å². The fourth-order valence-electron chi connectivity index (χ4n) is 2.85. The topological polar surface area (TPSA) is 68.4 Å². The van der Waals surface area contributed by atoms with E-state index in [9.17, 15) is 9.59 Å². The highest BCUT2D eigenvalue weighted by atomic mass is 16.2. The van der Waals surface area contributed by atoms with Crippen LogP contribution in [0.2, 0.25) is 0 Å². The molecule has 2 aromatic rings. The molecule has 2 aromatic heterocycles. The fourth-order valence-corrected chi connectivity index (χ4v) is 2.85. The van der Waals surface area contributed by atoms with Crippen molar-refractivity contribution in [2.75, 3.05) is 6.54 Å². The minimum atomic E-state index is -0.128. The minimum absolute atomic E-state index is 0.0648. The molecule has 0 bridgehead atoms. The van der Waals surface area contributed by atoms with Crippen molar-refractivity contribution < 1.29 is 4.79 Å². The van der Waals surface area contributed by atoms with Gasteiger partial charge in [0.1, 0.15) is 12.1 Å². The largest absolute Gasteiger partial charge is 0.355 e. The number of amides is 1. The molecule has 0 fully saturated rings. The molecule has 3 rings (SSSR count). The van der Waals surface area contributed by atoms with E-state index in [1.165, 1.54) is 4.57 Å². The first-order valence-corrected chi connectivity index (χ1v) is 7.57. The zero-order valence-corrected chi connectivity index (χ0v) is 12.3. The molecule has 1 aliphatic rings. The van der Waals surface area contributed by atoms with Crippen LogP contribution in [-0.2, 0) is 24.2 Å². The van der Waals surface area contributed by atoms with E-state index < -0.39 is 0 Å². The second kappa shape index (κ2) is 5.71. The molecule has 0 aromatic carbocycles. The van der Waals surface area contributed by atoms with Gasteiger partial charge in [-0.15, -0.1) is 0 Å². The van der Waals surface area contributed by atoms with Crippen LogP contribution in [0.25, 0.3) is 5.52 Å². The molecular weight excluding hydrogens is 268 g/mol. The summed E-state index contributed by atoms with van der Waals surface area (Å²) in [6.45, 7) is 2.70. The lowest BCUT2D eigenvalue weighted by molar-refractivity contribution is -0.121. The molecule has 6 heteroatoms. The molecule has 0 unspecified atom stereocenters. The summed E-state index contributed by atoms with van der Waals surface area (Å²) >= 11 is 0. The Morgan fingerprint density at radius 1 is 1.33 bits per heavy atom. The molecular formula is C15H20N4O2. The Kier molecular flexibility index (Phi) is 3.77. The number of nitrogens with one attached hydrogen (secondary N) is 1. The maximum Gasteiger partial charge on any atom is 0.277 e. The summed E-state index contributed by atoms with van der Waals surface area (Å²) in [6.07, 6.45) is 8.36. The Labute approximate surface area is 122 Å². The highest BCUT2D eigenvalue weighted by Crippen LogP contribution is 2.22. The standard InChI is InChI=1S/C15H20N4O2/c1-2-7-16-13(20)10-18-8-9-19-14(15(18)21)11-5-3-4-6-12(11)17-19/h8-9H,2-7,10H2,1H3,(H,16,20). The number of hydrogen-bond donors (Lipinski definition) is 1. The predicted molar refractivity (Wildman–Crippen MR) is 79.4 cm³/mol. The molecule has 1 aliphatic carbocycles. The Morgan fingerprint density at radius 2 is 2.14 bits per heavy atom. The van der Waals surface area contributed by atoms with E-state index in [1.54, 1.807) is 16.9 Å². The van der Waals surface area contributed by atoms with E-state index in [-0.39, 0.29) is 18.0 Å². The Balaban J connectivity index is 1.96. The fraction of sp³-hybridized carbons (Fsp3) is 0.533. The van der Waals surface area contributed by atoms with Crippen molar-refractivity contribution in [3.63, 3.8) is 0 Å². The second-order valence-electron chi connectivity index (χ2n) is 5.51. The summed E-state index contributed by atoms with van der Waals surface area (Å²) in [5, 5.41) is 7.28. The molecule has 0 atom stereocenters. The number of carbonyl (C=O) groups is 1. The Morgan fingerprint density at radius 3 is 2.95 bits per heavy atom. The number of nitrogens with zero attached hydrogens (tertiary/aromatic N) is 3. The van der Waals surface area contributed by atoms with Gasteiger partial charge < -0.3 is 9.88 Å². The molecule has 0 spiro atoms. The lowest BCUT2D eigenvalue weighted by Crippen LogP contribution is -2.33. The minimum Gasteiger partial charge on any atom is -0.355 e. The van der Waals surface area contributed by atoms with Gasteiger partial charge in [0.25, 0.3) is 5.56 Å². The van der Waals surface area contributed by atoms with Gasteiger partial charge in [-0.1, -0.05) is 6.92 Å². The lowest BCUT2D eigenvalue weighted by Gasteiger charge is -2.09. The molecule has 0 radical (unpaired) electrons. The van der Waals surface area contributed by atoms with Crippen molar-refractivity contribution in [1.82, 2.24) is 19.5 Å². The average Bonchev–Trinajstić information content (AvgIpc) is 2.87. The molecule has 0 aliphatic heterocycles. The van der Waals surface area contributed by atoms with Crippen molar-refractivity contribution in [3.8, 4) is 0 Å². The van der Waals surface area contributed by atoms with E-state index in [0.717, 1.165) is 43.4 Å². The number of aromatic nitrogens is 3. The van der Waals surface area contributed by atoms with Crippen LogP contribution in [0.3, 0.4) is 0 Å². The lowest BCUT2D eigenvalue weighted by atomic mass is 9.97. The highest BCUT2D eigenvalue weighted by molar-refractivity contribution is 5.75. The third-order valence-electron chi connectivity index (χ3n) is 3.92. The van der Waals surface area contributed by atoms with Gasteiger partial charge in [0.05, 0.1) is 5.69 Å². The first-order valence-electron chi connectivity index (χ1n) is 7.57. The molecule has 0 saturated heterocycles. The molecule has 21 heavy (non-hydrogen) atoms. The van der Waals surface area contributed by atoms with Gasteiger partial charge in [-0.05, 0) is 32.1 Å². The molecule has 6 nitrogen and oxygen atoms in total. The first-order chi connectivity index (χ1) is 10.2. The molecule has 1 N–H and O–H groups in total. The van der Waals surface area contributed by atoms with Crippen molar-refractivity contribution in [2.24, 2.45) is 0 Å². The van der Waals surface area contributed by atoms with E-state index >= 15 is 0 Å². The van der Waals surface area contributed by atoms with Crippen LogP contribution in [-0.4, -0.2) is 26.6 Å². The van der Waals surface area contributed by atoms with Crippen LogP contribution >= 0.6 is 0 Å². The maximum atomic E-state index is 12.6.